The molecular formula is C10HCl2F5N2O. The molecule has 106 valence electrons. The number of ether oxygens (including phenoxy) is 1. The lowest BCUT2D eigenvalue weighted by Gasteiger charge is -2.09. The Labute approximate surface area is 117 Å². The third kappa shape index (κ3) is 2.48. The van der Waals surface area contributed by atoms with Crippen molar-refractivity contribution >= 4 is 23.2 Å². The molecule has 1 aromatic heterocycles. The third-order valence-electron chi connectivity index (χ3n) is 2.05. The monoisotopic (exact) mass is 330 g/mol. The highest BCUT2D eigenvalue weighted by Gasteiger charge is 2.28. The number of rotatable bonds is 2. The first kappa shape index (κ1) is 14.7. The Hall–Kier alpha value is -1.67. The minimum Gasteiger partial charge on any atom is -0.431 e. The Bertz CT molecular complexity index is 669. The molecule has 0 saturated carbocycles. The molecule has 20 heavy (non-hydrogen) atoms. The predicted octanol–water partition coefficient (Wildman–Crippen LogP) is 4.27. The van der Waals surface area contributed by atoms with E-state index in [2.05, 4.69) is 14.7 Å². The van der Waals surface area contributed by atoms with E-state index >= 15 is 0 Å². The smallest absolute Gasteiger partial charge is 0.242 e. The fraction of sp³-hybridized carbons (Fsp3) is 0. The summed E-state index contributed by atoms with van der Waals surface area (Å²) in [5.41, 5.74) is 0. The molecule has 2 rings (SSSR count). The van der Waals surface area contributed by atoms with Crippen molar-refractivity contribution < 1.29 is 26.7 Å². The Morgan fingerprint density at radius 2 is 1.35 bits per heavy atom. The Morgan fingerprint density at radius 1 is 0.850 bits per heavy atom. The van der Waals surface area contributed by atoms with E-state index < -0.39 is 46.0 Å². The van der Waals surface area contributed by atoms with Gasteiger partial charge in [-0.2, -0.15) is 13.8 Å². The number of halogens is 7. The lowest BCUT2D eigenvalue weighted by molar-refractivity contribution is 0.327. The van der Waals surface area contributed by atoms with Gasteiger partial charge in [0, 0.05) is 0 Å². The van der Waals surface area contributed by atoms with Crippen molar-refractivity contribution in [1.29, 1.82) is 0 Å². The van der Waals surface area contributed by atoms with Crippen LogP contribution in [0.3, 0.4) is 0 Å². The normalized spacial score (nSPS) is 10.8. The minimum atomic E-state index is -2.31. The highest BCUT2D eigenvalue weighted by molar-refractivity contribution is 6.32. The first-order chi connectivity index (χ1) is 9.32. The van der Waals surface area contributed by atoms with Gasteiger partial charge in [0.2, 0.25) is 46.0 Å². The summed E-state index contributed by atoms with van der Waals surface area (Å²) in [5, 5.41) is -0.730. The SMILES string of the molecule is Fc1c(F)c(F)c(Oc2nc(Cl)ncc2Cl)c(F)c1F. The molecule has 3 nitrogen and oxygen atoms in total. The summed E-state index contributed by atoms with van der Waals surface area (Å²) in [6, 6.07) is 0. The molecule has 0 aliphatic heterocycles. The van der Waals surface area contributed by atoms with Gasteiger partial charge in [0.05, 0.1) is 6.20 Å². The largest absolute Gasteiger partial charge is 0.431 e. The van der Waals surface area contributed by atoms with Crippen LogP contribution in [0.1, 0.15) is 0 Å². The number of hydrogen-bond donors (Lipinski definition) is 0. The van der Waals surface area contributed by atoms with Gasteiger partial charge in [0.1, 0.15) is 5.02 Å². The van der Waals surface area contributed by atoms with Crippen LogP contribution in [0.5, 0.6) is 11.6 Å². The number of nitrogens with zero attached hydrogens (tertiary/aromatic N) is 2. The second-order valence-electron chi connectivity index (χ2n) is 3.29. The quantitative estimate of drug-likeness (QED) is 0.357. The maximum Gasteiger partial charge on any atom is 0.242 e. The van der Waals surface area contributed by atoms with E-state index in [1.54, 1.807) is 0 Å². The van der Waals surface area contributed by atoms with Crippen LogP contribution in [-0.2, 0) is 0 Å². The van der Waals surface area contributed by atoms with Crippen LogP contribution >= 0.6 is 23.2 Å². The number of aromatic nitrogens is 2. The van der Waals surface area contributed by atoms with Gasteiger partial charge in [-0.25, -0.2) is 18.2 Å². The molecule has 0 spiro atoms. The standard InChI is InChI=1S/C10HCl2F5N2O/c11-2-1-18-10(12)19-9(2)20-8-6(16)4(14)3(13)5(15)7(8)17/h1H. The van der Waals surface area contributed by atoms with Gasteiger partial charge in [-0.15, -0.1) is 0 Å². The number of benzene rings is 1. The van der Waals surface area contributed by atoms with Crippen LogP contribution in [-0.4, -0.2) is 9.97 Å². The second kappa shape index (κ2) is 5.37. The van der Waals surface area contributed by atoms with Crippen molar-refractivity contribution in [1.82, 2.24) is 9.97 Å². The molecule has 1 heterocycles. The average molecular weight is 331 g/mol. The first-order valence-corrected chi connectivity index (χ1v) is 5.45. The van der Waals surface area contributed by atoms with Gasteiger partial charge >= 0.3 is 0 Å². The highest BCUT2D eigenvalue weighted by atomic mass is 35.5. The molecule has 0 aliphatic carbocycles. The molecule has 0 aliphatic rings. The van der Waals surface area contributed by atoms with Gasteiger partial charge in [-0.3, -0.25) is 0 Å². The predicted molar refractivity (Wildman–Crippen MR) is 58.4 cm³/mol. The summed E-state index contributed by atoms with van der Waals surface area (Å²) < 4.78 is 69.9. The number of hydrogen-bond acceptors (Lipinski definition) is 3. The van der Waals surface area contributed by atoms with Crippen molar-refractivity contribution in [3.63, 3.8) is 0 Å². The first-order valence-electron chi connectivity index (χ1n) is 4.70. The van der Waals surface area contributed by atoms with Crippen LogP contribution in [0.4, 0.5) is 22.0 Å². The Balaban J connectivity index is 2.57. The van der Waals surface area contributed by atoms with Crippen molar-refractivity contribution in [3.8, 4) is 11.6 Å². The fourth-order valence-corrected chi connectivity index (χ4v) is 1.43. The van der Waals surface area contributed by atoms with Crippen LogP contribution in [0.2, 0.25) is 10.3 Å². The molecule has 2 aromatic rings. The molecule has 0 N–H and O–H groups in total. The maximum absolute atomic E-state index is 13.4. The third-order valence-corrected chi connectivity index (χ3v) is 2.49. The van der Waals surface area contributed by atoms with Crippen LogP contribution < -0.4 is 4.74 Å². The molecule has 1 aromatic carbocycles. The Kier molecular flexibility index (Phi) is 3.96. The zero-order valence-electron chi connectivity index (χ0n) is 9.03. The maximum atomic E-state index is 13.4. The molecule has 0 atom stereocenters. The van der Waals surface area contributed by atoms with Gasteiger partial charge in [0.25, 0.3) is 0 Å². The van der Waals surface area contributed by atoms with Crippen molar-refractivity contribution in [2.75, 3.05) is 0 Å². The lowest BCUT2D eigenvalue weighted by Crippen LogP contribution is -2.05. The molecule has 0 radical (unpaired) electrons. The van der Waals surface area contributed by atoms with Crippen molar-refractivity contribution in [2.24, 2.45) is 0 Å². The van der Waals surface area contributed by atoms with Crippen molar-refractivity contribution in [2.45, 2.75) is 0 Å². The van der Waals surface area contributed by atoms with Gasteiger partial charge in [-0.1, -0.05) is 11.6 Å². The summed E-state index contributed by atoms with van der Waals surface area (Å²) in [4.78, 5) is 6.78. The van der Waals surface area contributed by atoms with E-state index in [-0.39, 0.29) is 5.02 Å². The van der Waals surface area contributed by atoms with Crippen molar-refractivity contribution in [3.05, 3.63) is 45.6 Å². The van der Waals surface area contributed by atoms with E-state index in [4.69, 9.17) is 23.2 Å². The molecular weight excluding hydrogens is 330 g/mol. The lowest BCUT2D eigenvalue weighted by atomic mass is 10.2. The van der Waals surface area contributed by atoms with Gasteiger partial charge in [-0.05, 0) is 11.6 Å². The summed E-state index contributed by atoms with van der Waals surface area (Å²) in [5.74, 6) is -13.1. The summed E-state index contributed by atoms with van der Waals surface area (Å²) in [6.07, 6.45) is 0.929. The van der Waals surface area contributed by atoms with E-state index in [0.717, 1.165) is 6.20 Å². The fourth-order valence-electron chi connectivity index (χ4n) is 1.17. The molecule has 0 saturated heterocycles. The zero-order chi connectivity index (χ0) is 15.0. The van der Waals surface area contributed by atoms with Crippen LogP contribution in [0.25, 0.3) is 0 Å². The van der Waals surface area contributed by atoms with E-state index in [9.17, 15) is 22.0 Å². The molecule has 0 amide bonds. The second-order valence-corrected chi connectivity index (χ2v) is 4.04. The van der Waals surface area contributed by atoms with Gasteiger partial charge < -0.3 is 4.74 Å². The molecule has 0 unspecified atom stereocenters. The average Bonchev–Trinajstić information content (AvgIpc) is 2.43. The zero-order valence-corrected chi connectivity index (χ0v) is 10.5. The van der Waals surface area contributed by atoms with E-state index in [0.29, 0.717) is 0 Å². The summed E-state index contributed by atoms with van der Waals surface area (Å²) in [7, 11) is 0. The van der Waals surface area contributed by atoms with Crippen LogP contribution in [0.15, 0.2) is 6.20 Å². The van der Waals surface area contributed by atoms with E-state index in [1.807, 2.05) is 0 Å². The summed E-state index contributed by atoms with van der Waals surface area (Å²) >= 11 is 10.9. The summed E-state index contributed by atoms with van der Waals surface area (Å²) in [6.45, 7) is 0. The van der Waals surface area contributed by atoms with E-state index in [1.165, 1.54) is 0 Å². The molecule has 0 fully saturated rings. The van der Waals surface area contributed by atoms with Gasteiger partial charge in [0.15, 0.2) is 0 Å². The molecule has 10 heteroatoms. The minimum absolute atomic E-state index is 0.335. The van der Waals surface area contributed by atoms with Crippen LogP contribution in [0, 0.1) is 29.1 Å². The molecule has 0 bridgehead atoms. The Morgan fingerprint density at radius 3 is 1.90 bits per heavy atom. The highest BCUT2D eigenvalue weighted by Crippen LogP contribution is 2.34. The topological polar surface area (TPSA) is 35.0 Å².